The van der Waals surface area contributed by atoms with E-state index in [1.54, 1.807) is 6.92 Å². The van der Waals surface area contributed by atoms with E-state index in [-0.39, 0.29) is 11.0 Å². The zero-order valence-electron chi connectivity index (χ0n) is 6.33. The molecule has 0 aromatic rings. The number of nitrogens with one attached hydrogen (secondary N) is 1. The Balaban J connectivity index is 2.49. The molecule has 1 N–H and O–H groups in total. The van der Waals surface area contributed by atoms with Gasteiger partial charge in [-0.2, -0.15) is 0 Å². The maximum Gasteiger partial charge on any atom is 0.151 e. The van der Waals surface area contributed by atoms with Crippen molar-refractivity contribution in [2.24, 2.45) is 0 Å². The molecule has 0 aliphatic carbocycles. The summed E-state index contributed by atoms with van der Waals surface area (Å²) < 4.78 is 21.9. The highest BCUT2D eigenvalue weighted by atomic mass is 32.2. The van der Waals surface area contributed by atoms with Crippen LogP contribution in [0.3, 0.4) is 0 Å². The molecule has 64 valence electrons. The van der Waals surface area contributed by atoms with Crippen LogP contribution in [0.15, 0.2) is 0 Å². The molecule has 0 radical (unpaired) electrons. The normalized spacial score (nSPS) is 28.6. The molecule has 11 heavy (non-hydrogen) atoms. The first-order chi connectivity index (χ1) is 4.99. The van der Waals surface area contributed by atoms with Crippen LogP contribution in [-0.4, -0.2) is 30.2 Å². The fourth-order valence-corrected chi connectivity index (χ4v) is 4.43. The summed E-state index contributed by atoms with van der Waals surface area (Å²) in [6.45, 7) is 1.69. The molecule has 0 amide bonds. The van der Waals surface area contributed by atoms with E-state index in [0.29, 0.717) is 17.2 Å². The van der Waals surface area contributed by atoms with Crippen LogP contribution in [0.4, 0.5) is 0 Å². The average molecular weight is 193 g/mol. The van der Waals surface area contributed by atoms with Crippen molar-refractivity contribution < 1.29 is 8.42 Å². The summed E-state index contributed by atoms with van der Waals surface area (Å²) in [5.74, 6) is 0.561. The molecular weight excluding hydrogens is 182 g/mol. The van der Waals surface area contributed by atoms with Gasteiger partial charge in [0.2, 0.25) is 0 Å². The number of hydrogen-bond donors (Lipinski definition) is 1. The van der Waals surface area contributed by atoms with Crippen LogP contribution in [0, 0.1) is 5.41 Å². The third kappa shape index (κ3) is 2.83. The average Bonchev–Trinajstić information content (AvgIpc) is 2.08. The van der Waals surface area contributed by atoms with Gasteiger partial charge in [-0.25, -0.2) is 8.42 Å². The van der Waals surface area contributed by atoms with Gasteiger partial charge in [0, 0.05) is 5.25 Å². The zero-order valence-corrected chi connectivity index (χ0v) is 7.96. The Bertz CT molecular complexity index is 258. The molecule has 0 aromatic carbocycles. The van der Waals surface area contributed by atoms with Gasteiger partial charge >= 0.3 is 0 Å². The van der Waals surface area contributed by atoms with Gasteiger partial charge in [-0.3, -0.25) is 5.41 Å². The lowest BCUT2D eigenvalue weighted by Crippen LogP contribution is -2.07. The maximum absolute atomic E-state index is 10.9. The summed E-state index contributed by atoms with van der Waals surface area (Å²) in [5.41, 5.74) is 0. The first-order valence-corrected chi connectivity index (χ1v) is 6.12. The Morgan fingerprint density at radius 1 is 1.64 bits per heavy atom. The van der Waals surface area contributed by atoms with Crippen LogP contribution in [0.25, 0.3) is 0 Å². The van der Waals surface area contributed by atoms with Crippen molar-refractivity contribution in [1.82, 2.24) is 0 Å². The van der Waals surface area contributed by atoms with E-state index in [4.69, 9.17) is 5.41 Å². The second-order valence-electron chi connectivity index (χ2n) is 2.70. The second kappa shape index (κ2) is 3.15. The van der Waals surface area contributed by atoms with Crippen LogP contribution in [-0.2, 0) is 9.84 Å². The van der Waals surface area contributed by atoms with E-state index in [9.17, 15) is 8.42 Å². The molecule has 1 aliphatic heterocycles. The lowest BCUT2D eigenvalue weighted by Gasteiger charge is -2.03. The van der Waals surface area contributed by atoms with Crippen molar-refractivity contribution in [2.75, 3.05) is 11.5 Å². The molecular formula is C6H11NO2S2. The summed E-state index contributed by atoms with van der Waals surface area (Å²) >= 11 is 1.37. The minimum atomic E-state index is -2.76. The van der Waals surface area contributed by atoms with Crippen molar-refractivity contribution in [1.29, 1.82) is 5.41 Å². The molecule has 0 spiro atoms. The van der Waals surface area contributed by atoms with Gasteiger partial charge in [-0.15, -0.1) is 11.8 Å². The molecule has 1 atom stereocenters. The molecule has 5 heteroatoms. The summed E-state index contributed by atoms with van der Waals surface area (Å²) in [4.78, 5) is 0. The quantitative estimate of drug-likeness (QED) is 0.497. The van der Waals surface area contributed by atoms with Crippen LogP contribution >= 0.6 is 11.8 Å². The smallest absolute Gasteiger partial charge is 0.151 e. The van der Waals surface area contributed by atoms with Crippen molar-refractivity contribution in [3.8, 4) is 0 Å². The highest BCUT2D eigenvalue weighted by Gasteiger charge is 2.28. The Hall–Kier alpha value is -0.0300. The molecule has 0 unspecified atom stereocenters. The van der Waals surface area contributed by atoms with Gasteiger partial charge in [0.1, 0.15) is 0 Å². The van der Waals surface area contributed by atoms with Crippen LogP contribution in [0.1, 0.15) is 13.3 Å². The molecule has 0 aromatic heterocycles. The van der Waals surface area contributed by atoms with E-state index < -0.39 is 9.84 Å². The standard InChI is InChI=1S/C6H11NO2S2/c1-5(7)10-6-2-3-11(8,9)4-6/h6-7H,2-4H2,1H3/t6-/m1/s1. The molecule has 1 rings (SSSR count). The zero-order chi connectivity index (χ0) is 8.48. The lowest BCUT2D eigenvalue weighted by atomic mass is 10.4. The molecule has 1 saturated heterocycles. The molecule has 1 heterocycles. The van der Waals surface area contributed by atoms with Crippen LogP contribution in [0.5, 0.6) is 0 Å². The number of thioether (sulfide) groups is 1. The third-order valence-electron chi connectivity index (χ3n) is 1.53. The number of sulfone groups is 1. The molecule has 1 fully saturated rings. The second-order valence-corrected chi connectivity index (χ2v) is 6.44. The highest BCUT2D eigenvalue weighted by Crippen LogP contribution is 2.24. The summed E-state index contributed by atoms with van der Waals surface area (Å²) in [6, 6.07) is 0. The van der Waals surface area contributed by atoms with Crippen molar-refractivity contribution >= 4 is 26.6 Å². The highest BCUT2D eigenvalue weighted by molar-refractivity contribution is 8.15. The lowest BCUT2D eigenvalue weighted by molar-refractivity contribution is 0.602. The molecule has 1 aliphatic rings. The van der Waals surface area contributed by atoms with Gasteiger partial charge in [0.25, 0.3) is 0 Å². The summed E-state index contributed by atoms with van der Waals surface area (Å²) in [6.07, 6.45) is 0.712. The fourth-order valence-electron chi connectivity index (χ4n) is 1.10. The van der Waals surface area contributed by atoms with E-state index >= 15 is 0 Å². The molecule has 0 saturated carbocycles. The van der Waals surface area contributed by atoms with Crippen molar-refractivity contribution in [2.45, 2.75) is 18.6 Å². The van der Waals surface area contributed by atoms with Gasteiger partial charge in [0.15, 0.2) is 9.84 Å². The predicted molar refractivity (Wildman–Crippen MR) is 48.1 cm³/mol. The number of hydrogen-bond acceptors (Lipinski definition) is 4. The monoisotopic (exact) mass is 193 g/mol. The van der Waals surface area contributed by atoms with Crippen LogP contribution in [0.2, 0.25) is 0 Å². The minimum absolute atomic E-state index is 0.137. The Morgan fingerprint density at radius 2 is 2.27 bits per heavy atom. The largest absolute Gasteiger partial charge is 0.299 e. The summed E-state index contributed by atoms with van der Waals surface area (Å²) in [7, 11) is -2.76. The van der Waals surface area contributed by atoms with E-state index in [1.165, 1.54) is 11.8 Å². The molecule has 3 nitrogen and oxygen atoms in total. The Labute approximate surface area is 71.0 Å². The Kier molecular flexibility index (Phi) is 2.59. The van der Waals surface area contributed by atoms with Crippen molar-refractivity contribution in [3.05, 3.63) is 0 Å². The topological polar surface area (TPSA) is 58.0 Å². The van der Waals surface area contributed by atoms with Gasteiger partial charge in [-0.1, -0.05) is 0 Å². The van der Waals surface area contributed by atoms with Gasteiger partial charge < -0.3 is 0 Å². The minimum Gasteiger partial charge on any atom is -0.299 e. The molecule has 0 bridgehead atoms. The van der Waals surface area contributed by atoms with E-state index in [1.807, 2.05) is 0 Å². The van der Waals surface area contributed by atoms with Gasteiger partial charge in [-0.05, 0) is 13.3 Å². The van der Waals surface area contributed by atoms with Crippen LogP contribution < -0.4 is 0 Å². The van der Waals surface area contributed by atoms with E-state index in [2.05, 4.69) is 0 Å². The summed E-state index contributed by atoms with van der Waals surface area (Å²) in [5, 5.41) is 7.80. The van der Waals surface area contributed by atoms with Crippen molar-refractivity contribution in [3.63, 3.8) is 0 Å². The third-order valence-corrected chi connectivity index (χ3v) is 4.60. The SMILES string of the molecule is CC(=N)S[C@@H]1CCS(=O)(=O)C1. The van der Waals surface area contributed by atoms with Gasteiger partial charge in [0.05, 0.1) is 16.5 Å². The first-order valence-electron chi connectivity index (χ1n) is 3.42. The fraction of sp³-hybridized carbons (Fsp3) is 0.833. The maximum atomic E-state index is 10.9. The van der Waals surface area contributed by atoms with E-state index in [0.717, 1.165) is 0 Å². The number of rotatable bonds is 1. The first kappa shape index (κ1) is 9.06. The Morgan fingerprint density at radius 3 is 2.64 bits per heavy atom. The predicted octanol–water partition coefficient (Wildman–Crippen LogP) is 0.904.